The van der Waals surface area contributed by atoms with Gasteiger partial charge in [-0.05, 0) is 50.8 Å². The van der Waals surface area contributed by atoms with E-state index in [4.69, 9.17) is 4.74 Å². The smallest absolute Gasteiger partial charge is 0.264 e. The Labute approximate surface area is 147 Å². The number of aryl methyl sites for hydroxylation is 1. The summed E-state index contributed by atoms with van der Waals surface area (Å²) < 4.78 is 7.75. The first-order valence-corrected chi connectivity index (χ1v) is 8.36. The molecule has 2 heterocycles. The molecule has 0 aliphatic carbocycles. The first-order valence-electron chi connectivity index (χ1n) is 8.36. The lowest BCUT2D eigenvalue weighted by molar-refractivity contribution is -0.137. The number of carbonyl (C=O) groups excluding carboxylic acids is 1. The molecule has 0 bridgehead atoms. The number of hydrogen-bond donors (Lipinski definition) is 2. The number of benzene rings is 1. The first kappa shape index (κ1) is 17.3. The van der Waals surface area contributed by atoms with Crippen LogP contribution in [0.3, 0.4) is 0 Å². The molecule has 0 spiro atoms. The third kappa shape index (κ3) is 2.94. The Morgan fingerprint density at radius 1 is 1.36 bits per heavy atom. The summed E-state index contributed by atoms with van der Waals surface area (Å²) >= 11 is 0. The van der Waals surface area contributed by atoms with E-state index in [0.717, 1.165) is 22.3 Å². The van der Waals surface area contributed by atoms with E-state index in [9.17, 15) is 9.90 Å². The molecule has 1 atom stereocenters. The summed E-state index contributed by atoms with van der Waals surface area (Å²) in [6.45, 7) is 7.72. The van der Waals surface area contributed by atoms with Crippen molar-refractivity contribution in [2.45, 2.75) is 52.7 Å². The quantitative estimate of drug-likeness (QED) is 0.887. The molecular weight excluding hydrogens is 320 g/mol. The van der Waals surface area contributed by atoms with Crippen molar-refractivity contribution < 1.29 is 14.6 Å². The van der Waals surface area contributed by atoms with Crippen molar-refractivity contribution in [3.8, 4) is 11.5 Å². The van der Waals surface area contributed by atoms with Crippen LogP contribution in [-0.4, -0.2) is 31.4 Å². The summed E-state index contributed by atoms with van der Waals surface area (Å²) in [4.78, 5) is 16.8. The average molecular weight is 344 g/mol. The molecular formula is C18H24N4O3. The molecule has 0 radical (unpaired) electrons. The number of amides is 1. The maximum absolute atomic E-state index is 12.7. The third-order valence-electron chi connectivity index (χ3n) is 5.05. The largest absolute Gasteiger partial charge is 0.507 e. The van der Waals surface area contributed by atoms with Gasteiger partial charge in [-0.15, -0.1) is 0 Å². The van der Waals surface area contributed by atoms with Crippen LogP contribution in [0, 0.1) is 20.8 Å². The van der Waals surface area contributed by atoms with E-state index in [2.05, 4.69) is 15.4 Å². The van der Waals surface area contributed by atoms with Gasteiger partial charge in [-0.25, -0.2) is 4.98 Å². The number of nitrogens with one attached hydrogen (secondary N) is 1. The van der Waals surface area contributed by atoms with Crippen LogP contribution in [-0.2, 0) is 24.8 Å². The molecule has 1 unspecified atom stereocenters. The van der Waals surface area contributed by atoms with Crippen LogP contribution in [0.15, 0.2) is 6.33 Å². The molecule has 1 aliphatic rings. The van der Waals surface area contributed by atoms with Crippen molar-refractivity contribution in [2.24, 2.45) is 7.05 Å². The van der Waals surface area contributed by atoms with Gasteiger partial charge in [-0.3, -0.25) is 9.48 Å². The van der Waals surface area contributed by atoms with Crippen LogP contribution in [0.5, 0.6) is 11.5 Å². The summed E-state index contributed by atoms with van der Waals surface area (Å²) in [6.07, 6.45) is 2.82. The highest BCUT2D eigenvalue weighted by atomic mass is 16.5. The molecule has 1 aromatic heterocycles. The lowest BCUT2D eigenvalue weighted by Crippen LogP contribution is -2.51. The number of phenolic OH excluding ortho intramolecular Hbond substituents is 1. The van der Waals surface area contributed by atoms with Crippen molar-refractivity contribution in [3.63, 3.8) is 0 Å². The van der Waals surface area contributed by atoms with Crippen LogP contribution in [0.4, 0.5) is 0 Å². The van der Waals surface area contributed by atoms with Crippen LogP contribution in [0.25, 0.3) is 0 Å². The fourth-order valence-electron chi connectivity index (χ4n) is 3.22. The standard InChI is InChI=1S/C18H24N4O3/c1-10-11(2)16-13(12(3)15(10)23)6-7-18(4,25-16)17(24)19-8-14-20-9-22(5)21-14/h9,23H,6-8H2,1-5H3,(H,19,24). The first-order chi connectivity index (χ1) is 11.7. The fourth-order valence-corrected chi connectivity index (χ4v) is 3.22. The van der Waals surface area contributed by atoms with Gasteiger partial charge in [0.25, 0.3) is 5.91 Å². The summed E-state index contributed by atoms with van der Waals surface area (Å²) in [5, 5.41) is 17.3. The topological polar surface area (TPSA) is 89.3 Å². The normalized spacial score (nSPS) is 19.2. The zero-order chi connectivity index (χ0) is 18.4. The number of fused-ring (bicyclic) bond motifs is 1. The van der Waals surface area contributed by atoms with Gasteiger partial charge in [0.2, 0.25) is 0 Å². The zero-order valence-electron chi connectivity index (χ0n) is 15.3. The highest BCUT2D eigenvalue weighted by Gasteiger charge is 2.40. The van der Waals surface area contributed by atoms with E-state index in [1.807, 2.05) is 20.8 Å². The molecule has 3 rings (SSSR count). The molecule has 0 saturated carbocycles. The predicted molar refractivity (Wildman–Crippen MR) is 92.5 cm³/mol. The number of ether oxygens (including phenoxy) is 1. The van der Waals surface area contributed by atoms with E-state index in [-0.39, 0.29) is 12.5 Å². The lowest BCUT2D eigenvalue weighted by atomic mass is 9.86. The Balaban J connectivity index is 1.81. The number of nitrogens with zero attached hydrogens (tertiary/aromatic N) is 3. The Morgan fingerprint density at radius 2 is 2.08 bits per heavy atom. The van der Waals surface area contributed by atoms with Gasteiger partial charge in [-0.2, -0.15) is 5.10 Å². The Kier molecular flexibility index (Phi) is 4.18. The summed E-state index contributed by atoms with van der Waals surface area (Å²) in [6, 6.07) is 0. The van der Waals surface area contributed by atoms with Gasteiger partial charge >= 0.3 is 0 Å². The minimum absolute atomic E-state index is 0.187. The minimum Gasteiger partial charge on any atom is -0.507 e. The highest BCUT2D eigenvalue weighted by Crippen LogP contribution is 2.43. The van der Waals surface area contributed by atoms with Gasteiger partial charge in [0.15, 0.2) is 11.4 Å². The number of aromatic hydroxyl groups is 1. The van der Waals surface area contributed by atoms with E-state index in [0.29, 0.717) is 30.2 Å². The number of aromatic nitrogens is 3. The zero-order valence-corrected chi connectivity index (χ0v) is 15.3. The van der Waals surface area contributed by atoms with Gasteiger partial charge in [0.05, 0.1) is 6.54 Å². The molecule has 7 nitrogen and oxygen atoms in total. The number of phenols is 1. The summed E-state index contributed by atoms with van der Waals surface area (Å²) in [5.41, 5.74) is 2.53. The third-order valence-corrected chi connectivity index (χ3v) is 5.05. The maximum Gasteiger partial charge on any atom is 0.264 e. The predicted octanol–water partition coefficient (Wildman–Crippen LogP) is 1.85. The number of hydrogen-bond acceptors (Lipinski definition) is 5. The van der Waals surface area contributed by atoms with E-state index in [1.54, 1.807) is 25.0 Å². The fraction of sp³-hybridized carbons (Fsp3) is 0.500. The molecule has 0 fully saturated rings. The summed E-state index contributed by atoms with van der Waals surface area (Å²) in [5.74, 6) is 1.40. The van der Waals surface area contributed by atoms with Crippen LogP contribution >= 0.6 is 0 Å². The van der Waals surface area contributed by atoms with Crippen LogP contribution in [0.1, 0.15) is 41.4 Å². The molecule has 7 heteroatoms. The van der Waals surface area contributed by atoms with Gasteiger partial charge in [0.1, 0.15) is 17.8 Å². The van der Waals surface area contributed by atoms with Gasteiger partial charge in [0, 0.05) is 19.0 Å². The van der Waals surface area contributed by atoms with Crippen molar-refractivity contribution in [1.82, 2.24) is 20.1 Å². The van der Waals surface area contributed by atoms with Crippen molar-refractivity contribution in [2.75, 3.05) is 0 Å². The van der Waals surface area contributed by atoms with Gasteiger partial charge < -0.3 is 15.2 Å². The van der Waals surface area contributed by atoms with Crippen LogP contribution in [0.2, 0.25) is 0 Å². The highest BCUT2D eigenvalue weighted by molar-refractivity contribution is 5.85. The average Bonchev–Trinajstić information content (AvgIpc) is 3.01. The number of carbonyl (C=O) groups is 1. The van der Waals surface area contributed by atoms with Gasteiger partial charge in [-0.1, -0.05) is 0 Å². The molecule has 1 amide bonds. The molecule has 134 valence electrons. The Hall–Kier alpha value is -2.57. The molecule has 25 heavy (non-hydrogen) atoms. The van der Waals surface area contributed by atoms with Crippen molar-refractivity contribution in [1.29, 1.82) is 0 Å². The van der Waals surface area contributed by atoms with Crippen molar-refractivity contribution >= 4 is 5.91 Å². The van der Waals surface area contributed by atoms with E-state index in [1.165, 1.54) is 0 Å². The molecule has 2 aromatic rings. The SMILES string of the molecule is Cc1c(C)c2c(c(C)c1O)CCC(C)(C(=O)NCc1ncn(C)n1)O2. The maximum atomic E-state index is 12.7. The Morgan fingerprint density at radius 3 is 2.72 bits per heavy atom. The lowest BCUT2D eigenvalue weighted by Gasteiger charge is -2.36. The second kappa shape index (κ2) is 6.06. The monoisotopic (exact) mass is 344 g/mol. The molecule has 0 saturated heterocycles. The van der Waals surface area contributed by atoms with Crippen LogP contribution < -0.4 is 10.1 Å². The van der Waals surface area contributed by atoms with Crippen molar-refractivity contribution in [3.05, 3.63) is 34.4 Å². The summed E-state index contributed by atoms with van der Waals surface area (Å²) in [7, 11) is 1.78. The minimum atomic E-state index is -0.956. The molecule has 1 aliphatic heterocycles. The van der Waals surface area contributed by atoms with E-state index < -0.39 is 5.60 Å². The second-order valence-corrected chi connectivity index (χ2v) is 6.88. The second-order valence-electron chi connectivity index (χ2n) is 6.88. The Bertz CT molecular complexity index is 843. The molecule has 1 aromatic carbocycles. The van der Waals surface area contributed by atoms with E-state index >= 15 is 0 Å². The number of rotatable bonds is 3. The molecule has 2 N–H and O–H groups in total.